The summed E-state index contributed by atoms with van der Waals surface area (Å²) in [4.78, 5) is 37.1. The maximum absolute atomic E-state index is 12.6. The van der Waals surface area contributed by atoms with Crippen LogP contribution in [-0.2, 0) is 22.7 Å². The van der Waals surface area contributed by atoms with Crippen molar-refractivity contribution >= 4 is 44.5 Å². The van der Waals surface area contributed by atoms with Crippen molar-refractivity contribution in [3.63, 3.8) is 0 Å². The Kier molecular flexibility index (Phi) is 6.53. The third kappa shape index (κ3) is 4.76. The number of hydrogen-bond donors (Lipinski definition) is 2. The Balaban J connectivity index is 1.58. The summed E-state index contributed by atoms with van der Waals surface area (Å²) in [5.74, 6) is -0.496. The van der Waals surface area contributed by atoms with Gasteiger partial charge in [0.25, 0.3) is 0 Å². The van der Waals surface area contributed by atoms with Crippen LogP contribution >= 0.6 is 15.9 Å². The van der Waals surface area contributed by atoms with Crippen molar-refractivity contribution in [2.45, 2.75) is 33.4 Å². The lowest BCUT2D eigenvalue weighted by atomic mass is 10.2. The third-order valence-electron chi connectivity index (χ3n) is 4.69. The summed E-state index contributed by atoms with van der Waals surface area (Å²) in [5.41, 5.74) is 2.99. The summed E-state index contributed by atoms with van der Waals surface area (Å²) in [7, 11) is 0. The molecule has 0 fully saturated rings. The zero-order valence-electron chi connectivity index (χ0n) is 16.4. The van der Waals surface area contributed by atoms with Crippen molar-refractivity contribution < 1.29 is 9.59 Å². The first-order valence-corrected chi connectivity index (χ1v) is 10.2. The molecule has 0 spiro atoms. The molecule has 0 saturated heterocycles. The van der Waals surface area contributed by atoms with Gasteiger partial charge in [0.15, 0.2) is 0 Å². The molecular weight excluding hydrogens is 436 g/mol. The SMILES string of the molecule is CCn1c(=O)n(CC(=O)NCCC(=O)Nc2cc(Br)ccc2C)c2ccccc21. The second kappa shape index (κ2) is 9.09. The van der Waals surface area contributed by atoms with Gasteiger partial charge in [-0.25, -0.2) is 4.79 Å². The molecule has 2 amide bonds. The number of nitrogens with zero attached hydrogens (tertiary/aromatic N) is 2. The molecule has 152 valence electrons. The number of benzene rings is 2. The average molecular weight is 459 g/mol. The van der Waals surface area contributed by atoms with Gasteiger partial charge in [0.2, 0.25) is 11.8 Å². The monoisotopic (exact) mass is 458 g/mol. The van der Waals surface area contributed by atoms with E-state index in [1.54, 1.807) is 4.57 Å². The highest BCUT2D eigenvalue weighted by atomic mass is 79.9. The Morgan fingerprint density at radius 2 is 1.72 bits per heavy atom. The fourth-order valence-electron chi connectivity index (χ4n) is 3.19. The molecule has 0 aliphatic rings. The van der Waals surface area contributed by atoms with Gasteiger partial charge in [-0.3, -0.25) is 18.7 Å². The summed E-state index contributed by atoms with van der Waals surface area (Å²) in [6.07, 6.45) is 0.142. The second-order valence-corrected chi connectivity index (χ2v) is 7.62. The van der Waals surface area contributed by atoms with Crippen LogP contribution in [0.4, 0.5) is 5.69 Å². The van der Waals surface area contributed by atoms with E-state index in [9.17, 15) is 14.4 Å². The van der Waals surface area contributed by atoms with Crippen LogP contribution in [0.15, 0.2) is 51.7 Å². The maximum Gasteiger partial charge on any atom is 0.329 e. The number of carbonyl (C=O) groups excluding carboxylic acids is 2. The van der Waals surface area contributed by atoms with Crippen LogP contribution in [0.3, 0.4) is 0 Å². The molecule has 0 saturated carbocycles. The Morgan fingerprint density at radius 1 is 1.03 bits per heavy atom. The number of carbonyl (C=O) groups is 2. The van der Waals surface area contributed by atoms with Gasteiger partial charge in [0.05, 0.1) is 11.0 Å². The summed E-state index contributed by atoms with van der Waals surface area (Å²) in [5, 5.41) is 5.55. The minimum Gasteiger partial charge on any atom is -0.354 e. The van der Waals surface area contributed by atoms with Gasteiger partial charge in [-0.1, -0.05) is 34.1 Å². The number of anilines is 1. The minimum atomic E-state index is -0.308. The van der Waals surface area contributed by atoms with E-state index < -0.39 is 0 Å². The molecule has 3 aromatic rings. The second-order valence-electron chi connectivity index (χ2n) is 6.71. The minimum absolute atomic E-state index is 0.0846. The Labute approximate surface area is 176 Å². The van der Waals surface area contributed by atoms with E-state index in [0.717, 1.165) is 26.8 Å². The Hall–Kier alpha value is -2.87. The van der Waals surface area contributed by atoms with Crippen molar-refractivity contribution in [3.8, 4) is 0 Å². The number of rotatable bonds is 7. The lowest BCUT2D eigenvalue weighted by molar-refractivity contribution is -0.121. The van der Waals surface area contributed by atoms with E-state index in [-0.39, 0.29) is 37.0 Å². The predicted molar refractivity (Wildman–Crippen MR) is 117 cm³/mol. The quantitative estimate of drug-likeness (QED) is 0.570. The number of aryl methyl sites for hydroxylation is 2. The van der Waals surface area contributed by atoms with Crippen LogP contribution in [-0.4, -0.2) is 27.5 Å². The largest absolute Gasteiger partial charge is 0.354 e. The maximum atomic E-state index is 12.6. The van der Waals surface area contributed by atoms with Crippen LogP contribution in [0.25, 0.3) is 11.0 Å². The number of nitrogens with one attached hydrogen (secondary N) is 2. The summed E-state index contributed by atoms with van der Waals surface area (Å²) in [6.45, 7) is 4.44. The number of hydrogen-bond acceptors (Lipinski definition) is 3. The Morgan fingerprint density at radius 3 is 2.41 bits per heavy atom. The van der Waals surface area contributed by atoms with Gasteiger partial charge in [-0.05, 0) is 43.7 Å². The highest BCUT2D eigenvalue weighted by Gasteiger charge is 2.14. The molecule has 2 N–H and O–H groups in total. The van der Waals surface area contributed by atoms with Gasteiger partial charge in [-0.2, -0.15) is 0 Å². The number of para-hydroxylation sites is 2. The normalized spacial score (nSPS) is 10.9. The fourth-order valence-corrected chi connectivity index (χ4v) is 3.55. The first-order valence-electron chi connectivity index (χ1n) is 9.41. The van der Waals surface area contributed by atoms with Crippen LogP contribution < -0.4 is 16.3 Å². The molecule has 2 aromatic carbocycles. The van der Waals surface area contributed by atoms with Crippen LogP contribution in [0, 0.1) is 6.92 Å². The number of amides is 2. The number of halogens is 1. The van der Waals surface area contributed by atoms with Crippen molar-refractivity contribution in [2.24, 2.45) is 0 Å². The molecule has 0 aliphatic carbocycles. The smallest absolute Gasteiger partial charge is 0.329 e. The molecule has 3 rings (SSSR count). The molecule has 29 heavy (non-hydrogen) atoms. The molecule has 1 heterocycles. The summed E-state index contributed by atoms with van der Waals surface area (Å²) in [6, 6.07) is 13.0. The van der Waals surface area contributed by atoms with E-state index in [4.69, 9.17) is 0 Å². The summed E-state index contributed by atoms with van der Waals surface area (Å²) < 4.78 is 3.97. The molecule has 8 heteroatoms. The average Bonchev–Trinajstić information content (AvgIpc) is 2.96. The van der Waals surface area contributed by atoms with Gasteiger partial charge in [-0.15, -0.1) is 0 Å². The first-order chi connectivity index (χ1) is 13.9. The highest BCUT2D eigenvalue weighted by Crippen LogP contribution is 2.20. The topological polar surface area (TPSA) is 85.1 Å². The lowest BCUT2D eigenvalue weighted by Crippen LogP contribution is -2.34. The number of imidazole rings is 1. The molecule has 0 bridgehead atoms. The molecule has 0 unspecified atom stereocenters. The fraction of sp³-hybridized carbons (Fsp3) is 0.286. The lowest BCUT2D eigenvalue weighted by Gasteiger charge is -2.10. The van der Waals surface area contributed by atoms with Gasteiger partial charge in [0.1, 0.15) is 6.54 Å². The van der Waals surface area contributed by atoms with Gasteiger partial charge >= 0.3 is 5.69 Å². The van der Waals surface area contributed by atoms with E-state index in [1.165, 1.54) is 4.57 Å². The van der Waals surface area contributed by atoms with E-state index in [1.807, 2.05) is 56.3 Å². The van der Waals surface area contributed by atoms with Crippen molar-refractivity contribution in [1.29, 1.82) is 0 Å². The zero-order chi connectivity index (χ0) is 21.0. The predicted octanol–water partition coefficient (Wildman–Crippen LogP) is 3.04. The zero-order valence-corrected chi connectivity index (χ0v) is 18.0. The van der Waals surface area contributed by atoms with E-state index >= 15 is 0 Å². The van der Waals surface area contributed by atoms with Gasteiger partial charge < -0.3 is 10.6 Å². The van der Waals surface area contributed by atoms with Crippen LogP contribution in [0.5, 0.6) is 0 Å². The molecule has 0 aliphatic heterocycles. The number of aromatic nitrogens is 2. The standard InChI is InChI=1S/C21H23BrN4O3/c1-3-25-17-6-4-5-7-18(17)26(21(25)29)13-20(28)23-11-10-19(27)24-16-12-15(22)9-8-14(16)2/h4-9,12H,3,10-11,13H2,1-2H3,(H,23,28)(H,24,27). The molecule has 0 atom stereocenters. The van der Waals surface area contributed by atoms with Crippen LogP contribution in [0.1, 0.15) is 18.9 Å². The summed E-state index contributed by atoms with van der Waals surface area (Å²) >= 11 is 3.38. The van der Waals surface area contributed by atoms with Crippen molar-refractivity contribution in [2.75, 3.05) is 11.9 Å². The highest BCUT2D eigenvalue weighted by molar-refractivity contribution is 9.10. The molecular formula is C21H23BrN4O3. The third-order valence-corrected chi connectivity index (χ3v) is 5.18. The van der Waals surface area contributed by atoms with E-state index in [0.29, 0.717) is 6.54 Å². The van der Waals surface area contributed by atoms with Crippen LogP contribution in [0.2, 0.25) is 0 Å². The molecule has 1 aromatic heterocycles. The van der Waals surface area contributed by atoms with Gasteiger partial charge in [0, 0.05) is 29.7 Å². The molecule has 0 radical (unpaired) electrons. The van der Waals surface area contributed by atoms with Crippen molar-refractivity contribution in [1.82, 2.24) is 14.5 Å². The van der Waals surface area contributed by atoms with Crippen molar-refractivity contribution in [3.05, 3.63) is 63.0 Å². The first kappa shape index (κ1) is 20.9. The van der Waals surface area contributed by atoms with E-state index in [2.05, 4.69) is 26.6 Å². The molecule has 7 nitrogen and oxygen atoms in total. The number of fused-ring (bicyclic) bond motifs is 1. The Bertz CT molecular complexity index is 1120.